The van der Waals surface area contributed by atoms with E-state index >= 15 is 0 Å². The van der Waals surface area contributed by atoms with E-state index in [2.05, 4.69) is 10.3 Å². The quantitative estimate of drug-likeness (QED) is 0.879. The van der Waals surface area contributed by atoms with Crippen LogP contribution in [0.2, 0.25) is 0 Å². The molecule has 2 rings (SSSR count). The zero-order valence-corrected chi connectivity index (χ0v) is 11.8. The van der Waals surface area contributed by atoms with Crippen molar-refractivity contribution in [2.75, 3.05) is 6.54 Å². The van der Waals surface area contributed by atoms with Crippen LogP contribution in [-0.4, -0.2) is 11.5 Å². The number of thiazole rings is 1. The van der Waals surface area contributed by atoms with Gasteiger partial charge in [-0.2, -0.15) is 0 Å². The van der Waals surface area contributed by atoms with Crippen LogP contribution in [0.15, 0.2) is 29.8 Å². The van der Waals surface area contributed by atoms with E-state index in [0.29, 0.717) is 6.61 Å². The standard InChI is InChI=1S/C14H17FN2OS/c1-3-16-10(2)11-4-5-13(12(15)8-11)18-9-14-17-6-7-19-14/h4-8,10,16H,3,9H2,1-2H3. The summed E-state index contributed by atoms with van der Waals surface area (Å²) in [7, 11) is 0. The number of nitrogens with zero attached hydrogens (tertiary/aromatic N) is 1. The fraction of sp³-hybridized carbons (Fsp3) is 0.357. The molecule has 0 fully saturated rings. The van der Waals surface area contributed by atoms with Gasteiger partial charge in [0.25, 0.3) is 0 Å². The van der Waals surface area contributed by atoms with Gasteiger partial charge in [0.05, 0.1) is 0 Å². The van der Waals surface area contributed by atoms with Crippen LogP contribution < -0.4 is 10.1 Å². The van der Waals surface area contributed by atoms with Gasteiger partial charge in [-0.1, -0.05) is 13.0 Å². The summed E-state index contributed by atoms with van der Waals surface area (Å²) in [5.41, 5.74) is 0.918. The Morgan fingerprint density at radius 2 is 2.32 bits per heavy atom. The SMILES string of the molecule is CCNC(C)c1ccc(OCc2nccs2)c(F)c1. The summed E-state index contributed by atoms with van der Waals surface area (Å²) < 4.78 is 19.3. The monoisotopic (exact) mass is 280 g/mol. The Morgan fingerprint density at radius 1 is 1.47 bits per heavy atom. The third-order valence-electron chi connectivity index (χ3n) is 2.80. The molecule has 1 aromatic carbocycles. The van der Waals surface area contributed by atoms with Gasteiger partial charge in [0.15, 0.2) is 11.6 Å². The number of rotatable bonds is 6. The molecule has 5 heteroatoms. The summed E-state index contributed by atoms with van der Waals surface area (Å²) in [4.78, 5) is 4.09. The molecule has 0 aliphatic heterocycles. The van der Waals surface area contributed by atoms with Gasteiger partial charge in [0.1, 0.15) is 11.6 Å². The van der Waals surface area contributed by atoms with E-state index < -0.39 is 0 Å². The van der Waals surface area contributed by atoms with E-state index in [-0.39, 0.29) is 17.6 Å². The van der Waals surface area contributed by atoms with Crippen molar-refractivity contribution in [3.8, 4) is 5.75 Å². The molecule has 0 radical (unpaired) electrons. The van der Waals surface area contributed by atoms with Crippen LogP contribution in [0.5, 0.6) is 5.75 Å². The van der Waals surface area contributed by atoms with Crippen molar-refractivity contribution in [2.24, 2.45) is 0 Å². The molecule has 1 N–H and O–H groups in total. The molecule has 1 unspecified atom stereocenters. The summed E-state index contributed by atoms with van der Waals surface area (Å²) in [6, 6.07) is 5.21. The number of ether oxygens (including phenoxy) is 1. The molecule has 0 amide bonds. The van der Waals surface area contributed by atoms with Crippen LogP contribution in [0.4, 0.5) is 4.39 Å². The summed E-state index contributed by atoms with van der Waals surface area (Å²) in [5.74, 6) is -0.0681. The second-order valence-electron chi connectivity index (χ2n) is 4.18. The van der Waals surface area contributed by atoms with Gasteiger partial charge >= 0.3 is 0 Å². The summed E-state index contributed by atoms with van der Waals surface area (Å²) in [5, 5.41) is 5.96. The minimum Gasteiger partial charge on any atom is -0.483 e. The fourth-order valence-corrected chi connectivity index (χ4v) is 2.32. The molecule has 0 aliphatic rings. The van der Waals surface area contributed by atoms with Gasteiger partial charge < -0.3 is 10.1 Å². The maximum Gasteiger partial charge on any atom is 0.165 e. The lowest BCUT2D eigenvalue weighted by Crippen LogP contribution is -2.17. The number of benzene rings is 1. The summed E-state index contributed by atoms with van der Waals surface area (Å²) >= 11 is 1.49. The minimum absolute atomic E-state index is 0.132. The molecule has 0 bridgehead atoms. The number of hydrogen-bond acceptors (Lipinski definition) is 4. The first-order chi connectivity index (χ1) is 9.20. The Bertz CT molecular complexity index is 516. The fourth-order valence-electron chi connectivity index (χ4n) is 1.79. The first-order valence-corrected chi connectivity index (χ1v) is 7.12. The normalized spacial score (nSPS) is 12.4. The van der Waals surface area contributed by atoms with E-state index in [9.17, 15) is 4.39 Å². The van der Waals surface area contributed by atoms with E-state index in [1.807, 2.05) is 25.3 Å². The molecular weight excluding hydrogens is 263 g/mol. The summed E-state index contributed by atoms with van der Waals surface area (Å²) in [6.45, 7) is 5.19. The Kier molecular flexibility index (Phi) is 4.87. The number of nitrogens with one attached hydrogen (secondary N) is 1. The lowest BCUT2D eigenvalue weighted by atomic mass is 10.1. The van der Waals surface area contributed by atoms with Gasteiger partial charge in [0, 0.05) is 17.6 Å². The molecule has 2 aromatic rings. The molecular formula is C14H17FN2OS. The molecule has 3 nitrogen and oxygen atoms in total. The molecule has 19 heavy (non-hydrogen) atoms. The second kappa shape index (κ2) is 6.63. The van der Waals surface area contributed by atoms with Crippen molar-refractivity contribution < 1.29 is 9.13 Å². The van der Waals surface area contributed by atoms with Crippen LogP contribution in [0.1, 0.15) is 30.5 Å². The van der Waals surface area contributed by atoms with Gasteiger partial charge in [-0.25, -0.2) is 9.37 Å². The average molecular weight is 280 g/mol. The van der Waals surface area contributed by atoms with E-state index in [1.165, 1.54) is 17.4 Å². The van der Waals surface area contributed by atoms with Crippen molar-refractivity contribution in [3.05, 3.63) is 46.2 Å². The average Bonchev–Trinajstić information content (AvgIpc) is 2.90. The summed E-state index contributed by atoms with van der Waals surface area (Å²) in [6.07, 6.45) is 1.71. The van der Waals surface area contributed by atoms with E-state index in [1.54, 1.807) is 12.3 Å². The largest absolute Gasteiger partial charge is 0.483 e. The maximum atomic E-state index is 13.9. The lowest BCUT2D eigenvalue weighted by molar-refractivity contribution is 0.289. The highest BCUT2D eigenvalue weighted by Crippen LogP contribution is 2.23. The van der Waals surface area contributed by atoms with Crippen molar-refractivity contribution in [1.29, 1.82) is 0 Å². The molecule has 0 saturated heterocycles. The third kappa shape index (κ3) is 3.75. The first-order valence-electron chi connectivity index (χ1n) is 6.24. The molecule has 0 spiro atoms. The Morgan fingerprint density at radius 3 is 2.95 bits per heavy atom. The van der Waals surface area contributed by atoms with Crippen LogP contribution in [0.3, 0.4) is 0 Å². The van der Waals surface area contributed by atoms with Gasteiger partial charge in [-0.3, -0.25) is 0 Å². The van der Waals surface area contributed by atoms with E-state index in [4.69, 9.17) is 4.74 Å². The molecule has 0 saturated carbocycles. The van der Waals surface area contributed by atoms with Gasteiger partial charge in [0.2, 0.25) is 0 Å². The topological polar surface area (TPSA) is 34.1 Å². The third-order valence-corrected chi connectivity index (χ3v) is 3.55. The zero-order chi connectivity index (χ0) is 13.7. The van der Waals surface area contributed by atoms with Crippen molar-refractivity contribution in [3.63, 3.8) is 0 Å². The predicted octanol–water partition coefficient (Wildman–Crippen LogP) is 3.53. The highest BCUT2D eigenvalue weighted by atomic mass is 32.1. The zero-order valence-electron chi connectivity index (χ0n) is 11.0. The van der Waals surface area contributed by atoms with Gasteiger partial charge in [-0.15, -0.1) is 11.3 Å². The lowest BCUT2D eigenvalue weighted by Gasteiger charge is -2.14. The van der Waals surface area contributed by atoms with Crippen molar-refractivity contribution in [2.45, 2.75) is 26.5 Å². The van der Waals surface area contributed by atoms with Crippen LogP contribution in [0.25, 0.3) is 0 Å². The molecule has 0 aliphatic carbocycles. The highest BCUT2D eigenvalue weighted by molar-refractivity contribution is 7.09. The molecule has 1 atom stereocenters. The smallest absolute Gasteiger partial charge is 0.165 e. The minimum atomic E-state index is -0.334. The molecule has 1 heterocycles. The second-order valence-corrected chi connectivity index (χ2v) is 5.16. The van der Waals surface area contributed by atoms with Gasteiger partial charge in [-0.05, 0) is 31.2 Å². The molecule has 102 valence electrons. The number of aromatic nitrogens is 1. The van der Waals surface area contributed by atoms with Crippen LogP contribution >= 0.6 is 11.3 Å². The Balaban J connectivity index is 2.02. The Hall–Kier alpha value is -1.46. The van der Waals surface area contributed by atoms with Crippen LogP contribution in [-0.2, 0) is 6.61 Å². The van der Waals surface area contributed by atoms with Crippen molar-refractivity contribution in [1.82, 2.24) is 10.3 Å². The first kappa shape index (κ1) is 14.0. The maximum absolute atomic E-state index is 13.9. The van der Waals surface area contributed by atoms with Crippen LogP contribution in [0, 0.1) is 5.82 Å². The highest BCUT2D eigenvalue weighted by Gasteiger charge is 2.09. The van der Waals surface area contributed by atoms with E-state index in [0.717, 1.165) is 17.1 Å². The number of halogens is 1. The predicted molar refractivity (Wildman–Crippen MR) is 74.9 cm³/mol. The number of hydrogen-bond donors (Lipinski definition) is 1. The van der Waals surface area contributed by atoms with Crippen molar-refractivity contribution >= 4 is 11.3 Å². The Labute approximate surface area is 116 Å². The molecule has 1 aromatic heterocycles.